The third-order valence-corrected chi connectivity index (χ3v) is 21.7. The number of aromatic nitrogens is 6. The van der Waals surface area contributed by atoms with Crippen LogP contribution in [0, 0.1) is 13.8 Å². The number of nitrogens with zero attached hydrogens (tertiary/aromatic N) is 11. The molecule has 0 radical (unpaired) electrons. The van der Waals surface area contributed by atoms with Gasteiger partial charge < -0.3 is 88.4 Å². The van der Waals surface area contributed by atoms with Crippen molar-refractivity contribution in [3.05, 3.63) is 178 Å². The SMILES string of the molecule is Cc1cc2c(cc1OCCCC(=O)Nc1cc(C(=O)Cc3cc(C(=O)Nc4cc(C(=O)NCCCO)n(C)c4)n(C)c3)n(C)c1)N=CC1CCCN1C2=O.Cc1cc2c(cc1OCCCC(=O)Nc1cc(C(=O)Cc3cc(C(=O)Nc4cc(C(=O)NCCCOC(=O)CCCCCN5C(=O)C=CC5=O)n(C)c4)n(C)c3)n(C)c1)N=CC1CCCN1C2=O. The van der Waals surface area contributed by atoms with Crippen LogP contribution in [0.1, 0.15) is 196 Å². The minimum absolute atomic E-state index is 0.00359. The Kier molecular flexibility index (Phi) is 28.8. The summed E-state index contributed by atoms with van der Waals surface area (Å²) in [7, 11) is 10.2. The molecule has 2 atom stereocenters. The quantitative estimate of drug-likeness (QED) is 0.00826. The molecule has 2 aromatic carbocycles. The summed E-state index contributed by atoms with van der Waals surface area (Å²) >= 11 is 0. The molecule has 13 rings (SSSR count). The number of amides is 10. The first-order valence-electron chi connectivity index (χ1n) is 40.9. The average molecular weight is 1670 g/mol. The first-order chi connectivity index (χ1) is 58.6. The first kappa shape index (κ1) is 87.8. The van der Waals surface area contributed by atoms with Gasteiger partial charge in [-0.2, -0.15) is 0 Å². The molecule has 11 heterocycles. The number of benzene rings is 2. The van der Waals surface area contributed by atoms with Gasteiger partial charge in [0.05, 0.1) is 88.5 Å². The number of hydrogen-bond acceptors (Lipinski definition) is 19. The third kappa shape index (κ3) is 21.9. The Labute approximate surface area is 704 Å². The Morgan fingerprint density at radius 2 is 0.852 bits per heavy atom. The molecule has 10 amide bonds. The molecule has 8 aromatic rings. The highest BCUT2D eigenvalue weighted by Gasteiger charge is 2.35. The van der Waals surface area contributed by atoms with E-state index in [1.165, 1.54) is 17.1 Å². The monoisotopic (exact) mass is 1670 g/mol. The number of ether oxygens (including phenoxy) is 3. The predicted molar refractivity (Wildman–Crippen MR) is 454 cm³/mol. The summed E-state index contributed by atoms with van der Waals surface area (Å²) in [6.45, 7) is 6.83. The fraction of sp³-hybridized carbons (Fsp3) is 0.398. The van der Waals surface area contributed by atoms with Gasteiger partial charge in [-0.15, -0.1) is 0 Å². The van der Waals surface area contributed by atoms with E-state index in [0.29, 0.717) is 167 Å². The van der Waals surface area contributed by atoms with E-state index in [9.17, 15) is 62.3 Å². The largest absolute Gasteiger partial charge is 0.493 e. The summed E-state index contributed by atoms with van der Waals surface area (Å²) in [4.78, 5) is 180. The van der Waals surface area contributed by atoms with Gasteiger partial charge in [-0.3, -0.25) is 77.2 Å². The number of rotatable bonds is 37. The van der Waals surface area contributed by atoms with Crippen LogP contribution in [-0.2, 0) is 83.8 Å². The minimum Gasteiger partial charge on any atom is -0.493 e. The van der Waals surface area contributed by atoms with Gasteiger partial charge in [-0.25, -0.2) is 0 Å². The lowest BCUT2D eigenvalue weighted by Crippen LogP contribution is -2.35. The minimum atomic E-state index is -0.437. The van der Waals surface area contributed by atoms with Crippen LogP contribution in [-0.4, -0.2) is 207 Å². The second kappa shape index (κ2) is 40.0. The van der Waals surface area contributed by atoms with E-state index < -0.39 is 11.8 Å². The van der Waals surface area contributed by atoms with Gasteiger partial charge in [0.25, 0.3) is 47.3 Å². The Morgan fingerprint density at radius 3 is 1.30 bits per heavy atom. The summed E-state index contributed by atoms with van der Waals surface area (Å²) in [6, 6.07) is 16.9. The molecule has 0 bridgehead atoms. The van der Waals surface area contributed by atoms with Gasteiger partial charge in [-0.1, -0.05) is 6.42 Å². The third-order valence-electron chi connectivity index (χ3n) is 21.7. The van der Waals surface area contributed by atoms with Crippen molar-refractivity contribution in [1.82, 2.24) is 52.7 Å². The number of aryl methyl sites for hydroxylation is 8. The zero-order valence-corrected chi connectivity index (χ0v) is 69.8. The molecule has 0 saturated carbocycles. The lowest BCUT2D eigenvalue weighted by molar-refractivity contribution is -0.144. The van der Waals surface area contributed by atoms with Gasteiger partial charge in [0.2, 0.25) is 11.8 Å². The number of hydrogen-bond donors (Lipinski definition) is 7. The molecule has 2 saturated heterocycles. The highest BCUT2D eigenvalue weighted by atomic mass is 16.5. The van der Waals surface area contributed by atoms with Gasteiger partial charge >= 0.3 is 5.97 Å². The number of aliphatic imine (C=N–C) groups is 2. The summed E-state index contributed by atoms with van der Waals surface area (Å²) in [5.41, 5.74) is 9.10. The number of fused-ring (bicyclic) bond motifs is 4. The molecule has 0 aliphatic carbocycles. The summed E-state index contributed by atoms with van der Waals surface area (Å²) in [6.07, 6.45) is 24.1. The van der Waals surface area contributed by atoms with Crippen LogP contribution < -0.4 is 41.4 Å². The fourth-order valence-corrected chi connectivity index (χ4v) is 15.3. The van der Waals surface area contributed by atoms with E-state index in [-0.39, 0.29) is 135 Å². The standard InChI is InChI=1S/C49H57N9O10.C39H46N8O7/c1-31-21-36-37(51-27-35-11-8-18-57(35)49(36)66)26-42(31)67-19-9-12-43(60)52-33-24-38(55(3)29-33)41(59)23-32-22-39(54(2)28-32)48(65)53-34-25-40(56(4)30-34)47(64)50-16-10-20-68-46(63)13-6-5-7-17-58-44(61)14-15-45(58)62;1-24-14-29-30(41-20-28-8-5-11-47(28)39(29)53)19-35(24)54-13-6-9-36(50)42-26-17-31(45(3)22-26)34(49)16-25-15-32(44(2)21-25)38(52)43-27-18-33(46(4)23-27)37(51)40-10-7-12-48/h14-15,21-22,24-30,35H,5-13,16-20,23H2,1-4H3,(H,50,64)(H,52,60)(H,53,65);14-15,17-23,28,48H,5-13,16H2,1-4H3,(H,40,51)(H,42,50)(H,43,52). The van der Waals surface area contributed by atoms with E-state index >= 15 is 0 Å². The summed E-state index contributed by atoms with van der Waals surface area (Å²) in [5, 5.41) is 25.8. The first-order valence-corrected chi connectivity index (χ1v) is 40.9. The van der Waals surface area contributed by atoms with Crippen LogP contribution >= 0.6 is 0 Å². The van der Waals surface area contributed by atoms with Crippen molar-refractivity contribution < 1.29 is 81.6 Å². The van der Waals surface area contributed by atoms with E-state index in [1.807, 2.05) is 48.2 Å². The zero-order valence-electron chi connectivity index (χ0n) is 69.8. The number of carbonyl (C=O) groups excluding carboxylic acids is 13. The lowest BCUT2D eigenvalue weighted by Gasteiger charge is -2.20. The molecule has 34 nitrogen and oxygen atoms in total. The fourth-order valence-electron chi connectivity index (χ4n) is 15.3. The maximum absolute atomic E-state index is 13.4. The smallest absolute Gasteiger partial charge is 0.305 e. The molecule has 7 N–H and O–H groups in total. The van der Waals surface area contributed by atoms with Crippen LogP contribution in [0.25, 0.3) is 0 Å². The number of imide groups is 1. The Balaban J connectivity index is 0.000000229. The highest BCUT2D eigenvalue weighted by Crippen LogP contribution is 2.37. The van der Waals surface area contributed by atoms with Crippen LogP contribution in [0.3, 0.4) is 0 Å². The molecule has 0 spiro atoms. The number of carbonyl (C=O) groups is 13. The predicted octanol–water partition coefficient (Wildman–Crippen LogP) is 8.87. The van der Waals surface area contributed by atoms with E-state index in [1.54, 1.807) is 155 Å². The molecular weight excluding hydrogens is 1570 g/mol. The highest BCUT2D eigenvalue weighted by molar-refractivity contribution is 6.13. The van der Waals surface area contributed by atoms with Crippen molar-refractivity contribution in [3.63, 3.8) is 0 Å². The van der Waals surface area contributed by atoms with Crippen molar-refractivity contribution in [2.24, 2.45) is 52.3 Å². The molecule has 2 unspecified atom stereocenters. The van der Waals surface area contributed by atoms with Gasteiger partial charge in [-0.05, 0) is 149 Å². The number of Topliss-reactive ketones (excluding diaryl/α,β-unsaturated/α-hetero) is 2. The Morgan fingerprint density at radius 1 is 0.443 bits per heavy atom. The van der Waals surface area contributed by atoms with E-state index in [2.05, 4.69) is 41.9 Å². The van der Waals surface area contributed by atoms with Crippen molar-refractivity contribution >= 4 is 123 Å². The molecular formula is C88H103N17O17. The maximum Gasteiger partial charge on any atom is 0.305 e. The average Bonchev–Trinajstić information content (AvgIpc) is 1.61. The molecule has 6 aromatic heterocycles. The van der Waals surface area contributed by atoms with Crippen LogP contribution in [0.15, 0.2) is 120 Å². The van der Waals surface area contributed by atoms with E-state index in [0.717, 1.165) is 49.9 Å². The van der Waals surface area contributed by atoms with E-state index in [4.69, 9.17) is 19.3 Å². The molecule has 5 aliphatic rings. The zero-order chi connectivity index (χ0) is 87.0. The van der Waals surface area contributed by atoms with Crippen molar-refractivity contribution in [3.8, 4) is 11.5 Å². The lowest BCUT2D eigenvalue weighted by atomic mass is 10.1. The van der Waals surface area contributed by atoms with Crippen LogP contribution in [0.5, 0.6) is 11.5 Å². The molecule has 2 fully saturated rings. The molecule has 34 heteroatoms. The second-order valence-electron chi connectivity index (χ2n) is 31.1. The maximum atomic E-state index is 13.4. The molecule has 5 aliphatic heterocycles. The topological polar surface area (TPSA) is 406 Å². The number of ketones is 2. The number of anilines is 4. The summed E-state index contributed by atoms with van der Waals surface area (Å²) in [5.74, 6) is -2.16. The number of esters is 1. The summed E-state index contributed by atoms with van der Waals surface area (Å²) < 4.78 is 27.0. The van der Waals surface area contributed by atoms with Gasteiger partial charge in [0.1, 0.15) is 34.3 Å². The normalized spacial score (nSPS) is 14.9. The van der Waals surface area contributed by atoms with Crippen molar-refractivity contribution in [1.29, 1.82) is 0 Å². The van der Waals surface area contributed by atoms with Crippen LogP contribution in [0.4, 0.5) is 34.1 Å². The Bertz CT molecular complexity index is 5450. The van der Waals surface area contributed by atoms with Gasteiger partial charge in [0.15, 0.2) is 11.6 Å². The Hall–Kier alpha value is -13.5. The number of nitrogens with one attached hydrogen (secondary N) is 6. The molecule has 642 valence electrons. The number of aliphatic hydroxyl groups excluding tert-OH is 1. The van der Waals surface area contributed by atoms with Crippen molar-refractivity contribution in [2.45, 2.75) is 129 Å². The van der Waals surface area contributed by atoms with Crippen LogP contribution in [0.2, 0.25) is 0 Å². The van der Waals surface area contributed by atoms with Crippen molar-refractivity contribution in [2.75, 3.05) is 80.4 Å². The number of aliphatic hydroxyl groups is 1. The second-order valence-corrected chi connectivity index (χ2v) is 31.1. The molecule has 122 heavy (non-hydrogen) atoms. The number of unbranched alkanes of at least 4 members (excludes halogenated alkanes) is 2. The van der Waals surface area contributed by atoms with Gasteiger partial charge in [0, 0.05) is 188 Å².